The highest BCUT2D eigenvalue weighted by atomic mass is 32.2. The topological polar surface area (TPSA) is 67.4 Å². The SMILES string of the molecule is COc1ccc(C)cc1S(=O)(=O)Nc1ccc(NCc2ccc(C)cc2)cc1. The van der Waals surface area contributed by atoms with E-state index in [-0.39, 0.29) is 4.90 Å². The molecule has 6 heteroatoms. The number of sulfonamides is 1. The Hall–Kier alpha value is -2.99. The molecule has 28 heavy (non-hydrogen) atoms. The van der Waals surface area contributed by atoms with Crippen LogP contribution in [-0.2, 0) is 16.6 Å². The highest BCUT2D eigenvalue weighted by Crippen LogP contribution is 2.27. The van der Waals surface area contributed by atoms with Gasteiger partial charge < -0.3 is 10.1 Å². The van der Waals surface area contributed by atoms with Crippen LogP contribution in [0.25, 0.3) is 0 Å². The van der Waals surface area contributed by atoms with Gasteiger partial charge >= 0.3 is 0 Å². The normalized spacial score (nSPS) is 11.1. The fraction of sp³-hybridized carbons (Fsp3) is 0.182. The van der Waals surface area contributed by atoms with Crippen molar-refractivity contribution in [2.24, 2.45) is 0 Å². The number of hydrogen-bond donors (Lipinski definition) is 2. The molecule has 0 spiro atoms. The minimum absolute atomic E-state index is 0.122. The predicted molar refractivity (Wildman–Crippen MR) is 113 cm³/mol. The predicted octanol–water partition coefficient (Wildman–Crippen LogP) is 4.72. The summed E-state index contributed by atoms with van der Waals surface area (Å²) in [6.45, 7) is 4.60. The van der Waals surface area contributed by atoms with Gasteiger partial charge in [0.05, 0.1) is 7.11 Å². The number of anilines is 2. The molecular formula is C22H24N2O3S. The summed E-state index contributed by atoms with van der Waals surface area (Å²) in [6, 6.07) is 20.5. The van der Waals surface area contributed by atoms with Crippen LogP contribution in [0.1, 0.15) is 16.7 Å². The lowest BCUT2D eigenvalue weighted by Crippen LogP contribution is -2.14. The Morgan fingerprint density at radius 1 is 0.821 bits per heavy atom. The van der Waals surface area contributed by atoms with E-state index in [0.29, 0.717) is 18.0 Å². The van der Waals surface area contributed by atoms with Crippen molar-refractivity contribution in [3.05, 3.63) is 83.4 Å². The lowest BCUT2D eigenvalue weighted by Gasteiger charge is -2.13. The van der Waals surface area contributed by atoms with Gasteiger partial charge in [0.1, 0.15) is 10.6 Å². The monoisotopic (exact) mass is 396 g/mol. The zero-order chi connectivity index (χ0) is 20.1. The molecule has 3 aromatic carbocycles. The van der Waals surface area contributed by atoms with Crippen molar-refractivity contribution in [1.29, 1.82) is 0 Å². The van der Waals surface area contributed by atoms with Crippen LogP contribution in [-0.4, -0.2) is 15.5 Å². The van der Waals surface area contributed by atoms with Crippen LogP contribution < -0.4 is 14.8 Å². The Kier molecular flexibility index (Phi) is 5.90. The number of hydrogen-bond acceptors (Lipinski definition) is 4. The molecule has 2 N–H and O–H groups in total. The highest BCUT2D eigenvalue weighted by molar-refractivity contribution is 7.92. The number of benzene rings is 3. The fourth-order valence-corrected chi connectivity index (χ4v) is 4.08. The first-order chi connectivity index (χ1) is 13.4. The molecule has 0 fully saturated rings. The minimum atomic E-state index is -3.75. The van der Waals surface area contributed by atoms with E-state index in [2.05, 4.69) is 41.2 Å². The Morgan fingerprint density at radius 3 is 2.07 bits per heavy atom. The smallest absolute Gasteiger partial charge is 0.265 e. The van der Waals surface area contributed by atoms with Crippen LogP contribution in [0.2, 0.25) is 0 Å². The van der Waals surface area contributed by atoms with Gasteiger partial charge in [0.15, 0.2) is 0 Å². The Balaban J connectivity index is 1.69. The first-order valence-electron chi connectivity index (χ1n) is 8.94. The zero-order valence-electron chi connectivity index (χ0n) is 16.2. The molecule has 0 unspecified atom stereocenters. The van der Waals surface area contributed by atoms with Crippen LogP contribution >= 0.6 is 0 Å². The van der Waals surface area contributed by atoms with Gasteiger partial charge in [0.25, 0.3) is 10.0 Å². The molecule has 0 aliphatic carbocycles. The van der Waals surface area contributed by atoms with E-state index in [0.717, 1.165) is 11.3 Å². The second kappa shape index (κ2) is 8.35. The van der Waals surface area contributed by atoms with E-state index in [1.165, 1.54) is 18.2 Å². The molecule has 5 nitrogen and oxygen atoms in total. The first-order valence-corrected chi connectivity index (χ1v) is 10.4. The van der Waals surface area contributed by atoms with Crippen LogP contribution in [0.3, 0.4) is 0 Å². The molecule has 3 rings (SSSR count). The van der Waals surface area contributed by atoms with Crippen molar-refractivity contribution in [2.75, 3.05) is 17.1 Å². The summed E-state index contributed by atoms with van der Waals surface area (Å²) in [5.74, 6) is 0.314. The maximum absolute atomic E-state index is 12.7. The fourth-order valence-electron chi connectivity index (χ4n) is 2.77. The summed E-state index contributed by atoms with van der Waals surface area (Å²) in [5.41, 5.74) is 4.66. The molecular weight excluding hydrogens is 372 g/mol. The molecule has 0 bridgehead atoms. The summed E-state index contributed by atoms with van der Waals surface area (Å²) in [5, 5.41) is 3.33. The highest BCUT2D eigenvalue weighted by Gasteiger charge is 2.19. The van der Waals surface area contributed by atoms with E-state index >= 15 is 0 Å². The first kappa shape index (κ1) is 19.8. The maximum Gasteiger partial charge on any atom is 0.265 e. The molecule has 3 aromatic rings. The second-order valence-electron chi connectivity index (χ2n) is 6.68. The third-order valence-corrected chi connectivity index (χ3v) is 5.77. The van der Waals surface area contributed by atoms with Gasteiger partial charge in [-0.15, -0.1) is 0 Å². The Bertz CT molecular complexity index is 1040. The lowest BCUT2D eigenvalue weighted by atomic mass is 10.1. The van der Waals surface area contributed by atoms with Crippen LogP contribution in [0.4, 0.5) is 11.4 Å². The van der Waals surface area contributed by atoms with E-state index in [1.54, 1.807) is 24.3 Å². The number of rotatable bonds is 7. The molecule has 0 saturated carbocycles. The molecule has 0 saturated heterocycles. The number of ether oxygens (including phenoxy) is 1. The number of nitrogens with one attached hydrogen (secondary N) is 2. The van der Waals surface area contributed by atoms with E-state index in [4.69, 9.17) is 4.74 Å². The van der Waals surface area contributed by atoms with Gasteiger partial charge in [-0.25, -0.2) is 8.42 Å². The third-order valence-electron chi connectivity index (χ3n) is 4.36. The summed E-state index contributed by atoms with van der Waals surface area (Å²) < 4.78 is 33.3. The van der Waals surface area contributed by atoms with Gasteiger partial charge in [-0.2, -0.15) is 0 Å². The van der Waals surface area contributed by atoms with Crippen molar-refractivity contribution < 1.29 is 13.2 Å². The molecule has 0 atom stereocenters. The summed E-state index contributed by atoms with van der Waals surface area (Å²) in [7, 11) is -2.29. The van der Waals surface area contributed by atoms with Crippen molar-refractivity contribution in [3.8, 4) is 5.75 Å². The molecule has 146 valence electrons. The van der Waals surface area contributed by atoms with Crippen molar-refractivity contribution in [1.82, 2.24) is 0 Å². The summed E-state index contributed by atoms with van der Waals surface area (Å²) in [6.07, 6.45) is 0. The summed E-state index contributed by atoms with van der Waals surface area (Å²) in [4.78, 5) is 0.122. The standard InChI is InChI=1S/C22H24N2O3S/c1-16-4-7-18(8-5-16)15-23-19-9-11-20(12-10-19)24-28(25,26)22-14-17(2)6-13-21(22)27-3/h4-14,23-24H,15H2,1-3H3. The van der Waals surface area contributed by atoms with E-state index in [1.807, 2.05) is 25.1 Å². The maximum atomic E-state index is 12.7. The Labute approximate surface area is 166 Å². The van der Waals surface area contributed by atoms with Gasteiger partial charge in [-0.1, -0.05) is 35.9 Å². The zero-order valence-corrected chi connectivity index (χ0v) is 17.0. The third kappa shape index (κ3) is 4.84. The van der Waals surface area contributed by atoms with Gasteiger partial charge in [0, 0.05) is 17.9 Å². The lowest BCUT2D eigenvalue weighted by molar-refractivity contribution is 0.402. The second-order valence-corrected chi connectivity index (χ2v) is 8.33. The molecule has 0 aromatic heterocycles. The van der Waals surface area contributed by atoms with Gasteiger partial charge in [-0.05, 0) is 61.4 Å². The van der Waals surface area contributed by atoms with Crippen molar-refractivity contribution >= 4 is 21.4 Å². The van der Waals surface area contributed by atoms with Gasteiger partial charge in [0.2, 0.25) is 0 Å². The van der Waals surface area contributed by atoms with E-state index < -0.39 is 10.0 Å². The quantitative estimate of drug-likeness (QED) is 0.606. The average Bonchev–Trinajstić information content (AvgIpc) is 2.68. The van der Waals surface area contributed by atoms with Crippen LogP contribution in [0, 0.1) is 13.8 Å². The van der Waals surface area contributed by atoms with E-state index in [9.17, 15) is 8.42 Å². The molecule has 0 aliphatic heterocycles. The molecule has 0 heterocycles. The number of methoxy groups -OCH3 is 1. The van der Waals surface area contributed by atoms with Crippen molar-refractivity contribution in [3.63, 3.8) is 0 Å². The van der Waals surface area contributed by atoms with Crippen LogP contribution in [0.5, 0.6) is 5.75 Å². The number of aryl methyl sites for hydroxylation is 2. The van der Waals surface area contributed by atoms with Gasteiger partial charge in [-0.3, -0.25) is 4.72 Å². The minimum Gasteiger partial charge on any atom is -0.495 e. The average molecular weight is 397 g/mol. The Morgan fingerprint density at radius 2 is 1.43 bits per heavy atom. The van der Waals surface area contributed by atoms with Crippen LogP contribution in [0.15, 0.2) is 71.6 Å². The molecule has 0 aliphatic rings. The van der Waals surface area contributed by atoms with Crippen molar-refractivity contribution in [2.45, 2.75) is 25.3 Å². The summed E-state index contributed by atoms with van der Waals surface area (Å²) >= 11 is 0. The largest absolute Gasteiger partial charge is 0.495 e. The molecule has 0 radical (unpaired) electrons. The molecule has 0 amide bonds.